The molecule has 138 valence electrons. The number of hydrogen-bond acceptors (Lipinski definition) is 5. The third-order valence-electron chi connectivity index (χ3n) is 4.62. The monoisotopic (exact) mass is 377 g/mol. The third kappa shape index (κ3) is 3.91. The smallest absolute Gasteiger partial charge is 0.241 e. The molecule has 1 aromatic heterocycles. The van der Waals surface area contributed by atoms with Crippen molar-refractivity contribution in [2.24, 2.45) is 5.92 Å². The van der Waals surface area contributed by atoms with Crippen molar-refractivity contribution in [3.05, 3.63) is 54.0 Å². The Morgan fingerprint density at radius 2 is 1.81 bits per heavy atom. The number of carbonyl (C=O) groups excluding carboxylic acids is 1. The minimum Gasteiger partial charge on any atom is -0.357 e. The number of rotatable bonds is 5. The largest absolute Gasteiger partial charge is 0.357 e. The molecule has 0 amide bonds. The van der Waals surface area contributed by atoms with Crippen molar-refractivity contribution in [2.75, 3.05) is 25.0 Å². The maximum Gasteiger partial charge on any atom is 0.241 e. The van der Waals surface area contributed by atoms with Crippen LogP contribution in [0.3, 0.4) is 0 Å². The predicted molar refractivity (Wildman–Crippen MR) is 96.2 cm³/mol. The van der Waals surface area contributed by atoms with Crippen LogP contribution in [0.1, 0.15) is 23.2 Å². The highest BCUT2D eigenvalue weighted by atomic mass is 32.2. The molecular weight excluding hydrogens is 357 g/mol. The van der Waals surface area contributed by atoms with Gasteiger partial charge in [0.25, 0.3) is 0 Å². The van der Waals surface area contributed by atoms with E-state index in [-0.39, 0.29) is 22.4 Å². The summed E-state index contributed by atoms with van der Waals surface area (Å²) in [5.41, 5.74) is 0.532. The SMILES string of the molecule is CNS(=O)(=O)c1ccc(N2CCC(C(=O)c3ccc(F)cc3)CC2)nc1. The zero-order valence-electron chi connectivity index (χ0n) is 14.4. The van der Waals surface area contributed by atoms with Crippen molar-refractivity contribution >= 4 is 21.6 Å². The summed E-state index contributed by atoms with van der Waals surface area (Å²) in [6, 6.07) is 8.83. The summed E-state index contributed by atoms with van der Waals surface area (Å²) < 4.78 is 38.7. The molecule has 1 N–H and O–H groups in total. The first-order valence-electron chi connectivity index (χ1n) is 8.35. The van der Waals surface area contributed by atoms with E-state index in [1.54, 1.807) is 6.07 Å². The third-order valence-corrected chi connectivity index (χ3v) is 6.02. The second-order valence-corrected chi connectivity index (χ2v) is 8.08. The number of hydrogen-bond donors (Lipinski definition) is 1. The fraction of sp³-hybridized carbons (Fsp3) is 0.333. The highest BCUT2D eigenvalue weighted by Gasteiger charge is 2.26. The lowest BCUT2D eigenvalue weighted by atomic mass is 9.89. The van der Waals surface area contributed by atoms with Crippen LogP contribution in [-0.2, 0) is 10.0 Å². The van der Waals surface area contributed by atoms with Gasteiger partial charge in [-0.2, -0.15) is 0 Å². The first-order chi connectivity index (χ1) is 12.4. The van der Waals surface area contributed by atoms with Crippen LogP contribution in [-0.4, -0.2) is 39.3 Å². The van der Waals surface area contributed by atoms with Crippen LogP contribution >= 0.6 is 0 Å². The molecule has 2 aromatic rings. The second-order valence-electron chi connectivity index (χ2n) is 6.19. The summed E-state index contributed by atoms with van der Waals surface area (Å²) >= 11 is 0. The standard InChI is InChI=1S/C18H20FN3O3S/c1-20-26(24,25)16-6-7-17(21-12-16)22-10-8-14(9-11-22)18(23)13-2-4-15(19)5-3-13/h2-7,12,14,20H,8-11H2,1H3. The van der Waals surface area contributed by atoms with Gasteiger partial charge in [-0.05, 0) is 56.3 Å². The Bertz CT molecular complexity index is 875. The number of anilines is 1. The Kier molecular flexibility index (Phi) is 5.33. The highest BCUT2D eigenvalue weighted by Crippen LogP contribution is 2.25. The zero-order chi connectivity index (χ0) is 18.7. The van der Waals surface area contributed by atoms with Crippen molar-refractivity contribution < 1.29 is 17.6 Å². The van der Waals surface area contributed by atoms with E-state index in [0.29, 0.717) is 37.3 Å². The fourth-order valence-electron chi connectivity index (χ4n) is 3.06. The Balaban J connectivity index is 1.63. The van der Waals surface area contributed by atoms with E-state index in [4.69, 9.17) is 0 Å². The number of benzene rings is 1. The molecule has 1 aromatic carbocycles. The van der Waals surface area contributed by atoms with Crippen molar-refractivity contribution in [3.63, 3.8) is 0 Å². The molecule has 1 fully saturated rings. The van der Waals surface area contributed by atoms with Crippen molar-refractivity contribution in [2.45, 2.75) is 17.7 Å². The van der Waals surface area contributed by atoms with E-state index in [1.807, 2.05) is 4.90 Å². The number of carbonyl (C=O) groups is 1. The lowest BCUT2D eigenvalue weighted by Crippen LogP contribution is -2.36. The summed E-state index contributed by atoms with van der Waals surface area (Å²) in [6.07, 6.45) is 2.68. The van der Waals surface area contributed by atoms with Gasteiger partial charge in [0, 0.05) is 30.8 Å². The van der Waals surface area contributed by atoms with E-state index in [9.17, 15) is 17.6 Å². The summed E-state index contributed by atoms with van der Waals surface area (Å²) in [4.78, 5) is 18.9. The Morgan fingerprint density at radius 3 is 2.35 bits per heavy atom. The number of aromatic nitrogens is 1. The molecule has 0 unspecified atom stereocenters. The van der Waals surface area contributed by atoms with Gasteiger partial charge in [-0.3, -0.25) is 4.79 Å². The normalized spacial score (nSPS) is 15.8. The van der Waals surface area contributed by atoms with Crippen LogP contribution in [0.4, 0.5) is 10.2 Å². The average molecular weight is 377 g/mol. The number of piperidine rings is 1. The van der Waals surface area contributed by atoms with E-state index in [2.05, 4.69) is 9.71 Å². The number of Topliss-reactive ketones (excluding diaryl/α,β-unsaturated/α-hetero) is 1. The number of nitrogens with zero attached hydrogens (tertiary/aromatic N) is 2. The molecule has 3 rings (SSSR count). The summed E-state index contributed by atoms with van der Waals surface area (Å²) in [5, 5.41) is 0. The van der Waals surface area contributed by atoms with E-state index in [1.165, 1.54) is 43.6 Å². The second kappa shape index (κ2) is 7.51. The van der Waals surface area contributed by atoms with Gasteiger partial charge < -0.3 is 4.90 Å². The molecule has 0 saturated carbocycles. The van der Waals surface area contributed by atoms with Gasteiger partial charge in [0.05, 0.1) is 0 Å². The van der Waals surface area contributed by atoms with Gasteiger partial charge in [-0.1, -0.05) is 0 Å². The Hall–Kier alpha value is -2.32. The highest BCUT2D eigenvalue weighted by molar-refractivity contribution is 7.89. The number of halogens is 1. The van der Waals surface area contributed by atoms with Crippen molar-refractivity contribution in [3.8, 4) is 0 Å². The number of sulfonamides is 1. The molecular formula is C18H20FN3O3S. The summed E-state index contributed by atoms with van der Waals surface area (Å²) in [7, 11) is -2.15. The lowest BCUT2D eigenvalue weighted by molar-refractivity contribution is 0.0900. The number of pyridine rings is 1. The first kappa shape index (κ1) is 18.5. The quantitative estimate of drug-likeness (QED) is 0.809. The molecule has 1 saturated heterocycles. The topological polar surface area (TPSA) is 79.4 Å². The molecule has 0 bridgehead atoms. The molecule has 6 nitrogen and oxygen atoms in total. The van der Waals surface area contributed by atoms with Gasteiger partial charge >= 0.3 is 0 Å². The number of nitrogens with one attached hydrogen (secondary N) is 1. The molecule has 2 heterocycles. The van der Waals surface area contributed by atoms with Gasteiger partial charge in [-0.25, -0.2) is 22.5 Å². The van der Waals surface area contributed by atoms with Crippen LogP contribution < -0.4 is 9.62 Å². The van der Waals surface area contributed by atoms with Gasteiger partial charge in [0.1, 0.15) is 16.5 Å². The van der Waals surface area contributed by atoms with Crippen LogP contribution in [0.5, 0.6) is 0 Å². The molecule has 1 aliphatic rings. The summed E-state index contributed by atoms with van der Waals surface area (Å²) in [5.74, 6) is 0.271. The molecule has 1 aliphatic heterocycles. The molecule has 0 radical (unpaired) electrons. The van der Waals surface area contributed by atoms with Crippen LogP contribution in [0, 0.1) is 11.7 Å². The number of ketones is 1. The lowest BCUT2D eigenvalue weighted by Gasteiger charge is -2.32. The van der Waals surface area contributed by atoms with Crippen LogP contribution in [0.25, 0.3) is 0 Å². The Labute approximate surface area is 152 Å². The maximum atomic E-state index is 13.0. The fourth-order valence-corrected chi connectivity index (χ4v) is 3.73. The van der Waals surface area contributed by atoms with E-state index < -0.39 is 10.0 Å². The van der Waals surface area contributed by atoms with E-state index >= 15 is 0 Å². The van der Waals surface area contributed by atoms with Gasteiger partial charge in [0.15, 0.2) is 5.78 Å². The average Bonchev–Trinajstić information content (AvgIpc) is 2.68. The van der Waals surface area contributed by atoms with Gasteiger partial charge in [0.2, 0.25) is 10.0 Å². The van der Waals surface area contributed by atoms with Crippen molar-refractivity contribution in [1.29, 1.82) is 0 Å². The zero-order valence-corrected chi connectivity index (χ0v) is 15.2. The molecule has 0 spiro atoms. The predicted octanol–water partition coefficient (Wildman–Crippen LogP) is 2.23. The molecule has 26 heavy (non-hydrogen) atoms. The Morgan fingerprint density at radius 1 is 1.15 bits per heavy atom. The van der Waals surface area contributed by atoms with Gasteiger partial charge in [-0.15, -0.1) is 0 Å². The minimum absolute atomic E-state index is 0.0353. The van der Waals surface area contributed by atoms with Crippen molar-refractivity contribution in [1.82, 2.24) is 9.71 Å². The first-order valence-corrected chi connectivity index (χ1v) is 9.83. The van der Waals surface area contributed by atoms with Crippen LogP contribution in [0.15, 0.2) is 47.5 Å². The molecule has 8 heteroatoms. The summed E-state index contributed by atoms with van der Waals surface area (Å²) in [6.45, 7) is 1.31. The maximum absolute atomic E-state index is 13.0. The molecule has 0 aliphatic carbocycles. The van der Waals surface area contributed by atoms with Crippen LogP contribution in [0.2, 0.25) is 0 Å². The van der Waals surface area contributed by atoms with E-state index in [0.717, 1.165) is 0 Å². The molecule has 0 atom stereocenters. The minimum atomic E-state index is -3.50.